The molecule has 0 amide bonds. The zero-order valence-electron chi connectivity index (χ0n) is 41.9. The van der Waals surface area contributed by atoms with Crippen LogP contribution in [0.1, 0.15) is 226 Å². The number of aliphatic hydroxyl groups excluding tert-OH is 1. The summed E-state index contributed by atoms with van der Waals surface area (Å²) in [7, 11) is -4.75. The van der Waals surface area contributed by atoms with Gasteiger partial charge < -0.3 is 24.2 Å². The summed E-state index contributed by atoms with van der Waals surface area (Å²) in [5.41, 5.74) is 0. The van der Waals surface area contributed by atoms with Crippen LogP contribution in [0.2, 0.25) is 0 Å². The Morgan fingerprint density at radius 3 is 1.27 bits per heavy atom. The second-order valence-corrected chi connectivity index (χ2v) is 18.8. The maximum Gasteiger partial charge on any atom is 0.472 e. The van der Waals surface area contributed by atoms with E-state index in [2.05, 4.69) is 81.5 Å². The third-order valence-corrected chi connectivity index (χ3v) is 11.8. The van der Waals surface area contributed by atoms with Crippen molar-refractivity contribution in [3.05, 3.63) is 60.8 Å². The van der Waals surface area contributed by atoms with Crippen LogP contribution in [0.25, 0.3) is 0 Å². The molecule has 0 aromatic rings. The lowest BCUT2D eigenvalue weighted by atomic mass is 10.1. The topological polar surface area (TPSA) is 155 Å². The Kier molecular flexibility index (Phi) is 46.6. The largest absolute Gasteiger partial charge is 0.472 e. The van der Waals surface area contributed by atoms with E-state index in [0.29, 0.717) is 19.3 Å². The van der Waals surface area contributed by atoms with Crippen LogP contribution >= 0.6 is 7.82 Å². The number of hydrogen-bond acceptors (Lipinski definition) is 10. The highest BCUT2D eigenvalue weighted by atomic mass is 31.2. The van der Waals surface area contributed by atoms with E-state index >= 15 is 0 Å². The van der Waals surface area contributed by atoms with Gasteiger partial charge in [-0.1, -0.05) is 171 Å². The van der Waals surface area contributed by atoms with Gasteiger partial charge in [0.2, 0.25) is 0 Å². The maximum absolute atomic E-state index is 12.8. The first-order valence-electron chi connectivity index (χ1n) is 26.2. The summed E-state index contributed by atoms with van der Waals surface area (Å²) in [6.45, 7) is 4.43. The lowest BCUT2D eigenvalue weighted by molar-refractivity contribution is -0.161. The fourth-order valence-electron chi connectivity index (χ4n) is 6.87. The monoisotopic (exact) mass is 951 g/mol. The summed E-state index contributed by atoms with van der Waals surface area (Å²) in [6, 6.07) is 0. The summed E-state index contributed by atoms with van der Waals surface area (Å²) in [4.78, 5) is 48.3. The molecular weight excluding hydrogens is 856 g/mol. The molecule has 0 spiro atoms. The fourth-order valence-corrected chi connectivity index (χ4v) is 7.66. The Morgan fingerprint density at radius 1 is 0.439 bits per heavy atom. The van der Waals surface area contributed by atoms with E-state index < -0.39 is 57.8 Å². The molecule has 0 aliphatic heterocycles. The maximum atomic E-state index is 12.8. The molecule has 0 aromatic carbocycles. The predicted octanol–water partition coefficient (Wildman–Crippen LogP) is 14.8. The van der Waals surface area contributed by atoms with Gasteiger partial charge in [-0.2, -0.15) is 0 Å². The van der Waals surface area contributed by atoms with E-state index in [0.717, 1.165) is 128 Å². The Balaban J connectivity index is 4.76. The molecule has 3 unspecified atom stereocenters. The molecule has 0 rings (SSSR count). The molecule has 0 aliphatic rings. The zero-order valence-corrected chi connectivity index (χ0v) is 42.8. The minimum absolute atomic E-state index is 0.145. The van der Waals surface area contributed by atoms with Crippen molar-refractivity contribution in [2.24, 2.45) is 0 Å². The van der Waals surface area contributed by atoms with E-state index in [-0.39, 0.29) is 25.9 Å². The SMILES string of the molecule is CC/C=C\C/C=C\C/C=C\CCCCCCCC(=O)OC(COC(=O)CCCCCCC/C=C\CCCC)COP(=O)(O)OCC(CO)OC(=O)CCCCCCC/C=C\CCCCCC. The molecule has 0 saturated heterocycles. The number of aliphatic hydroxyl groups is 1. The Hall–Kier alpha value is -2.82. The Bertz CT molecular complexity index is 1340. The van der Waals surface area contributed by atoms with Gasteiger partial charge in [-0.05, 0) is 96.3 Å². The molecule has 0 heterocycles. The summed E-state index contributed by atoms with van der Waals surface area (Å²) in [5, 5.41) is 9.77. The molecular formula is C54H95O11P. The van der Waals surface area contributed by atoms with Gasteiger partial charge in [0.05, 0.1) is 19.8 Å². The number of hydrogen-bond donors (Lipinski definition) is 2. The van der Waals surface area contributed by atoms with Crippen LogP contribution in [0.3, 0.4) is 0 Å². The van der Waals surface area contributed by atoms with Crippen LogP contribution in [-0.2, 0) is 42.2 Å². The van der Waals surface area contributed by atoms with Crippen LogP contribution in [0.15, 0.2) is 60.8 Å². The first kappa shape index (κ1) is 63.2. The normalized spacial score (nSPS) is 14.0. The first-order chi connectivity index (χ1) is 32.2. The quantitative estimate of drug-likeness (QED) is 0.0197. The lowest BCUT2D eigenvalue weighted by Crippen LogP contribution is -2.30. The number of rotatable bonds is 48. The summed E-state index contributed by atoms with van der Waals surface area (Å²) in [5.74, 6) is -1.50. The van der Waals surface area contributed by atoms with Crippen LogP contribution < -0.4 is 0 Å². The number of carbonyl (C=O) groups excluding carboxylic acids is 3. The van der Waals surface area contributed by atoms with Gasteiger partial charge in [0.1, 0.15) is 12.7 Å². The molecule has 0 bridgehead atoms. The first-order valence-corrected chi connectivity index (χ1v) is 27.7. The van der Waals surface area contributed by atoms with Crippen molar-refractivity contribution in [2.45, 2.75) is 238 Å². The van der Waals surface area contributed by atoms with Gasteiger partial charge in [-0.15, -0.1) is 0 Å². The number of esters is 3. The van der Waals surface area contributed by atoms with Crippen molar-refractivity contribution < 1.29 is 52.2 Å². The molecule has 0 radical (unpaired) electrons. The smallest absolute Gasteiger partial charge is 0.462 e. The van der Waals surface area contributed by atoms with Crippen molar-refractivity contribution in [2.75, 3.05) is 26.4 Å². The molecule has 0 saturated carbocycles. The third kappa shape index (κ3) is 46.3. The zero-order chi connectivity index (χ0) is 48.4. The standard InChI is InChI=1S/C54H95O11P/c1-4-7-10-13-16-19-22-24-25-27-30-33-36-39-42-45-54(58)65-51(47-61-52(56)43-40-37-34-31-28-21-18-15-12-9-6-3)49-63-66(59,60)62-48-50(46-55)64-53(57)44-41-38-35-32-29-26-23-20-17-14-11-8-5-2/h7,10,15-16,18-20,23-25,50-51,55H,4-6,8-9,11-14,17,21-22,26-49H2,1-3H3,(H,59,60)/b10-7-,18-15-,19-16-,23-20-,25-24-. The van der Waals surface area contributed by atoms with Crippen LogP contribution in [0.5, 0.6) is 0 Å². The molecule has 66 heavy (non-hydrogen) atoms. The second kappa shape index (κ2) is 48.6. The molecule has 2 N–H and O–H groups in total. The van der Waals surface area contributed by atoms with E-state index in [1.807, 2.05) is 0 Å². The van der Waals surface area contributed by atoms with Crippen molar-refractivity contribution in [1.29, 1.82) is 0 Å². The molecule has 0 aromatic heterocycles. The number of carbonyl (C=O) groups is 3. The lowest BCUT2D eigenvalue weighted by Gasteiger charge is -2.21. The van der Waals surface area contributed by atoms with Crippen molar-refractivity contribution in [3.63, 3.8) is 0 Å². The minimum atomic E-state index is -4.75. The van der Waals surface area contributed by atoms with Gasteiger partial charge >= 0.3 is 25.7 Å². The highest BCUT2D eigenvalue weighted by molar-refractivity contribution is 7.47. The van der Waals surface area contributed by atoms with Crippen LogP contribution in [0, 0.1) is 0 Å². The molecule has 12 heteroatoms. The van der Waals surface area contributed by atoms with Gasteiger partial charge in [-0.3, -0.25) is 23.4 Å². The summed E-state index contributed by atoms with van der Waals surface area (Å²) >= 11 is 0. The average molecular weight is 951 g/mol. The number of unbranched alkanes of at least 4 members (excludes halogenated alkanes) is 21. The van der Waals surface area contributed by atoms with Gasteiger partial charge in [0.25, 0.3) is 0 Å². The number of phosphoric acid groups is 1. The predicted molar refractivity (Wildman–Crippen MR) is 270 cm³/mol. The highest BCUT2D eigenvalue weighted by Gasteiger charge is 2.28. The molecule has 382 valence electrons. The van der Waals surface area contributed by atoms with E-state index in [9.17, 15) is 28.9 Å². The highest BCUT2D eigenvalue weighted by Crippen LogP contribution is 2.43. The Labute approximate surface area is 402 Å². The number of ether oxygens (including phenoxy) is 3. The van der Waals surface area contributed by atoms with Gasteiger partial charge in [0, 0.05) is 19.3 Å². The molecule has 11 nitrogen and oxygen atoms in total. The van der Waals surface area contributed by atoms with Crippen molar-refractivity contribution in [3.8, 4) is 0 Å². The van der Waals surface area contributed by atoms with E-state index in [1.165, 1.54) is 38.5 Å². The van der Waals surface area contributed by atoms with Crippen LogP contribution in [-0.4, -0.2) is 66.5 Å². The minimum Gasteiger partial charge on any atom is -0.462 e. The number of allylic oxidation sites excluding steroid dienone is 10. The Morgan fingerprint density at radius 2 is 0.803 bits per heavy atom. The number of phosphoric ester groups is 1. The van der Waals surface area contributed by atoms with E-state index in [4.69, 9.17) is 23.3 Å². The summed E-state index contributed by atoms with van der Waals surface area (Å²) < 4.78 is 39.3. The van der Waals surface area contributed by atoms with Crippen molar-refractivity contribution in [1.82, 2.24) is 0 Å². The van der Waals surface area contributed by atoms with Crippen LogP contribution in [0.4, 0.5) is 0 Å². The third-order valence-electron chi connectivity index (χ3n) is 10.9. The van der Waals surface area contributed by atoms with Crippen molar-refractivity contribution >= 4 is 25.7 Å². The molecule has 0 fully saturated rings. The molecule has 0 aliphatic carbocycles. The van der Waals surface area contributed by atoms with Gasteiger partial charge in [0.15, 0.2) is 6.10 Å². The molecule has 3 atom stereocenters. The second-order valence-electron chi connectivity index (χ2n) is 17.3. The summed E-state index contributed by atoms with van der Waals surface area (Å²) in [6.07, 6.45) is 50.4. The van der Waals surface area contributed by atoms with Gasteiger partial charge in [-0.25, -0.2) is 4.57 Å². The fraction of sp³-hybridized carbons (Fsp3) is 0.759. The average Bonchev–Trinajstić information content (AvgIpc) is 3.30. The van der Waals surface area contributed by atoms with E-state index in [1.54, 1.807) is 0 Å².